The zero-order valence-electron chi connectivity index (χ0n) is 6.73. The smallest absolute Gasteiger partial charge is 0.142 e. The average Bonchev–Trinajstić information content (AvgIpc) is 2.09. The number of methoxy groups -OCH3 is 2. The molecule has 66 valence electrons. The molecule has 2 nitrogen and oxygen atoms in total. The van der Waals surface area contributed by atoms with Crippen molar-refractivity contribution < 1.29 is 9.47 Å². The van der Waals surface area contributed by atoms with Crippen molar-refractivity contribution in [2.45, 2.75) is 0 Å². The molecule has 0 radical (unpaired) electrons. The molecular formula is C8H8Cl2O2. The van der Waals surface area contributed by atoms with Crippen molar-refractivity contribution >= 4 is 23.2 Å². The highest BCUT2D eigenvalue weighted by molar-refractivity contribution is 6.43. The van der Waals surface area contributed by atoms with E-state index in [9.17, 15) is 0 Å². The summed E-state index contributed by atoms with van der Waals surface area (Å²) in [7, 11) is 3.08. The molecule has 0 aliphatic rings. The predicted molar refractivity (Wildman–Crippen MR) is 49.6 cm³/mol. The predicted octanol–water partition coefficient (Wildman–Crippen LogP) is 3.01. The second-order valence-corrected chi connectivity index (χ2v) is 2.91. The fraction of sp³-hybridized carbons (Fsp3) is 0.250. The number of halogens is 2. The summed E-state index contributed by atoms with van der Waals surface area (Å²) in [5, 5.41) is 0.827. The first-order valence-electron chi connectivity index (χ1n) is 3.26. The highest BCUT2D eigenvalue weighted by Crippen LogP contribution is 2.35. The molecule has 0 heterocycles. The van der Waals surface area contributed by atoms with Crippen LogP contribution in [0.25, 0.3) is 0 Å². The van der Waals surface area contributed by atoms with Gasteiger partial charge in [-0.15, -0.1) is 0 Å². The first-order chi connectivity index (χ1) is 5.69. The minimum atomic E-state index is 0.403. The topological polar surface area (TPSA) is 18.5 Å². The van der Waals surface area contributed by atoms with Gasteiger partial charge in [0, 0.05) is 12.1 Å². The average molecular weight is 207 g/mol. The Labute approximate surface area is 81.0 Å². The molecule has 4 heteroatoms. The molecule has 0 unspecified atom stereocenters. The Balaban J connectivity index is 3.19. The zero-order valence-corrected chi connectivity index (χ0v) is 8.24. The number of hydrogen-bond donors (Lipinski definition) is 0. The quantitative estimate of drug-likeness (QED) is 0.741. The molecule has 0 amide bonds. The van der Waals surface area contributed by atoms with E-state index in [1.807, 2.05) is 0 Å². The summed E-state index contributed by atoms with van der Waals surface area (Å²) >= 11 is 11.6. The zero-order chi connectivity index (χ0) is 9.14. The summed E-state index contributed by atoms with van der Waals surface area (Å²) in [6, 6.07) is 3.31. The van der Waals surface area contributed by atoms with Gasteiger partial charge in [-0.3, -0.25) is 0 Å². The van der Waals surface area contributed by atoms with Crippen LogP contribution in [0.2, 0.25) is 10.0 Å². The van der Waals surface area contributed by atoms with Crippen LogP contribution in [0.5, 0.6) is 11.5 Å². The first-order valence-corrected chi connectivity index (χ1v) is 4.01. The van der Waals surface area contributed by atoms with Crippen LogP contribution in [0.15, 0.2) is 12.1 Å². The molecule has 0 saturated carbocycles. The minimum Gasteiger partial charge on any atom is -0.497 e. The van der Waals surface area contributed by atoms with Gasteiger partial charge in [0.2, 0.25) is 0 Å². The first kappa shape index (κ1) is 9.49. The Bertz CT molecular complexity index is 287. The van der Waals surface area contributed by atoms with Crippen molar-refractivity contribution in [1.29, 1.82) is 0 Å². The third-order valence-electron chi connectivity index (χ3n) is 1.42. The number of rotatable bonds is 2. The van der Waals surface area contributed by atoms with Gasteiger partial charge in [-0.25, -0.2) is 0 Å². The fourth-order valence-corrected chi connectivity index (χ4v) is 1.19. The van der Waals surface area contributed by atoms with Crippen molar-refractivity contribution in [3.8, 4) is 11.5 Å². The van der Waals surface area contributed by atoms with E-state index >= 15 is 0 Å². The summed E-state index contributed by atoms with van der Waals surface area (Å²) in [5.41, 5.74) is 0. The lowest BCUT2D eigenvalue weighted by Crippen LogP contribution is -1.88. The molecule has 1 rings (SSSR count). The van der Waals surface area contributed by atoms with E-state index in [1.165, 1.54) is 7.11 Å². The Morgan fingerprint density at radius 1 is 1.08 bits per heavy atom. The van der Waals surface area contributed by atoms with E-state index < -0.39 is 0 Å². The van der Waals surface area contributed by atoms with Crippen LogP contribution in [-0.4, -0.2) is 14.2 Å². The molecule has 0 saturated heterocycles. The third kappa shape index (κ3) is 1.76. The van der Waals surface area contributed by atoms with Crippen LogP contribution in [0.4, 0.5) is 0 Å². The van der Waals surface area contributed by atoms with Crippen molar-refractivity contribution in [2.75, 3.05) is 14.2 Å². The summed E-state index contributed by atoms with van der Waals surface area (Å²) in [6.45, 7) is 0. The molecule has 0 spiro atoms. The molecular weight excluding hydrogens is 199 g/mol. The maximum atomic E-state index is 5.81. The van der Waals surface area contributed by atoms with Gasteiger partial charge in [-0.2, -0.15) is 0 Å². The highest BCUT2D eigenvalue weighted by Gasteiger charge is 2.07. The highest BCUT2D eigenvalue weighted by atomic mass is 35.5. The maximum Gasteiger partial charge on any atom is 0.142 e. The second kappa shape index (κ2) is 3.87. The summed E-state index contributed by atoms with van der Waals surface area (Å²) in [6.07, 6.45) is 0. The Kier molecular flexibility index (Phi) is 3.06. The van der Waals surface area contributed by atoms with Crippen molar-refractivity contribution in [3.63, 3.8) is 0 Å². The molecule has 0 bridgehead atoms. The maximum absolute atomic E-state index is 5.81. The van der Waals surface area contributed by atoms with Crippen LogP contribution < -0.4 is 9.47 Å². The molecule has 1 aromatic rings. The standard InChI is InChI=1S/C8H8Cl2O2/c1-11-5-3-6(9)8(10)7(4-5)12-2/h3-4H,1-2H3. The Morgan fingerprint density at radius 2 is 1.75 bits per heavy atom. The van der Waals surface area contributed by atoms with Gasteiger partial charge < -0.3 is 9.47 Å². The Hall–Kier alpha value is -0.600. The molecule has 1 aromatic carbocycles. The van der Waals surface area contributed by atoms with Crippen LogP contribution in [0.3, 0.4) is 0 Å². The second-order valence-electron chi connectivity index (χ2n) is 2.13. The minimum absolute atomic E-state index is 0.403. The normalized spacial score (nSPS) is 9.67. The molecule has 0 aliphatic carbocycles. The molecule has 0 fully saturated rings. The summed E-state index contributed by atoms with van der Waals surface area (Å²) in [4.78, 5) is 0. The van der Waals surface area contributed by atoms with Crippen LogP contribution in [-0.2, 0) is 0 Å². The van der Waals surface area contributed by atoms with Gasteiger partial charge >= 0.3 is 0 Å². The lowest BCUT2D eigenvalue weighted by atomic mass is 10.3. The van der Waals surface area contributed by atoms with Gasteiger partial charge in [0.05, 0.1) is 19.2 Å². The molecule has 12 heavy (non-hydrogen) atoms. The van der Waals surface area contributed by atoms with Crippen LogP contribution >= 0.6 is 23.2 Å². The third-order valence-corrected chi connectivity index (χ3v) is 2.21. The number of benzene rings is 1. The SMILES string of the molecule is COc1cc(Cl)c(Cl)c(OC)c1. The lowest BCUT2D eigenvalue weighted by Gasteiger charge is -2.06. The molecule has 0 aromatic heterocycles. The van der Waals surface area contributed by atoms with Crippen LogP contribution in [0.1, 0.15) is 0 Å². The largest absolute Gasteiger partial charge is 0.497 e. The van der Waals surface area contributed by atoms with Gasteiger partial charge in [0.15, 0.2) is 0 Å². The summed E-state index contributed by atoms with van der Waals surface area (Å²) in [5.74, 6) is 1.14. The Morgan fingerprint density at radius 3 is 2.25 bits per heavy atom. The van der Waals surface area contributed by atoms with E-state index in [4.69, 9.17) is 32.7 Å². The molecule has 0 aliphatic heterocycles. The fourth-order valence-electron chi connectivity index (χ4n) is 0.807. The van der Waals surface area contributed by atoms with Gasteiger partial charge in [-0.05, 0) is 0 Å². The van der Waals surface area contributed by atoms with E-state index in [0.29, 0.717) is 21.5 Å². The summed E-state index contributed by atoms with van der Waals surface area (Å²) < 4.78 is 9.94. The van der Waals surface area contributed by atoms with Crippen molar-refractivity contribution in [1.82, 2.24) is 0 Å². The van der Waals surface area contributed by atoms with Crippen molar-refractivity contribution in [3.05, 3.63) is 22.2 Å². The van der Waals surface area contributed by atoms with Crippen LogP contribution in [0, 0.1) is 0 Å². The van der Waals surface area contributed by atoms with E-state index in [2.05, 4.69) is 0 Å². The van der Waals surface area contributed by atoms with Crippen molar-refractivity contribution in [2.24, 2.45) is 0 Å². The molecule has 0 N–H and O–H groups in total. The van der Waals surface area contributed by atoms with Gasteiger partial charge in [0.25, 0.3) is 0 Å². The van der Waals surface area contributed by atoms with E-state index in [1.54, 1.807) is 19.2 Å². The van der Waals surface area contributed by atoms with Gasteiger partial charge in [0.1, 0.15) is 16.5 Å². The van der Waals surface area contributed by atoms with E-state index in [-0.39, 0.29) is 0 Å². The molecule has 0 atom stereocenters. The van der Waals surface area contributed by atoms with E-state index in [0.717, 1.165) is 0 Å². The number of ether oxygens (including phenoxy) is 2. The van der Waals surface area contributed by atoms with Gasteiger partial charge in [-0.1, -0.05) is 23.2 Å². The number of hydrogen-bond acceptors (Lipinski definition) is 2. The monoisotopic (exact) mass is 206 g/mol. The lowest BCUT2D eigenvalue weighted by molar-refractivity contribution is 0.394.